The van der Waals surface area contributed by atoms with Crippen molar-refractivity contribution in [3.63, 3.8) is 0 Å². The first-order chi connectivity index (χ1) is 5.72. The molecule has 0 amide bonds. The first-order valence-electron chi connectivity index (χ1n) is 3.62. The van der Waals surface area contributed by atoms with Gasteiger partial charge in [-0.15, -0.1) is 10.2 Å². The van der Waals surface area contributed by atoms with Crippen molar-refractivity contribution in [3.8, 4) is 5.88 Å². The van der Waals surface area contributed by atoms with Gasteiger partial charge in [-0.2, -0.15) is 0 Å². The molecule has 66 valence electrons. The van der Waals surface area contributed by atoms with Gasteiger partial charge in [0.25, 0.3) is 0 Å². The summed E-state index contributed by atoms with van der Waals surface area (Å²) < 4.78 is 4.84. The van der Waals surface area contributed by atoms with Crippen LogP contribution in [0.3, 0.4) is 0 Å². The molecule has 1 unspecified atom stereocenters. The summed E-state index contributed by atoms with van der Waals surface area (Å²) in [4.78, 5) is 0. The van der Waals surface area contributed by atoms with E-state index in [9.17, 15) is 0 Å². The normalized spacial score (nSPS) is 12.2. The minimum atomic E-state index is -0.132. The molecule has 0 aliphatic carbocycles. The number of nitrogens with zero attached hydrogens (tertiary/aromatic N) is 2. The fraction of sp³-hybridized carbons (Fsp3) is 0.429. The van der Waals surface area contributed by atoms with Crippen LogP contribution in [0.5, 0.6) is 5.88 Å². The molecule has 0 aliphatic heterocycles. The molecule has 5 nitrogen and oxygen atoms in total. The van der Waals surface area contributed by atoms with Crippen molar-refractivity contribution in [2.45, 2.75) is 13.1 Å². The fourth-order valence-electron chi connectivity index (χ4n) is 0.739. The minimum Gasteiger partial charge on any atom is -0.480 e. The Morgan fingerprint density at radius 3 is 2.67 bits per heavy atom. The van der Waals surface area contributed by atoms with Crippen molar-refractivity contribution < 1.29 is 4.74 Å². The van der Waals surface area contributed by atoms with Crippen LogP contribution >= 0.6 is 0 Å². The lowest BCUT2D eigenvalue weighted by Crippen LogP contribution is -2.25. The van der Waals surface area contributed by atoms with Gasteiger partial charge in [0, 0.05) is 6.07 Å². The molecule has 1 rings (SSSR count). The minimum absolute atomic E-state index is 0.132. The van der Waals surface area contributed by atoms with Crippen LogP contribution in [-0.4, -0.2) is 23.5 Å². The summed E-state index contributed by atoms with van der Waals surface area (Å²) in [5.74, 6) is 1.14. The summed E-state index contributed by atoms with van der Waals surface area (Å²) in [6.07, 6.45) is -0.132. The number of nitrogens with one attached hydrogen (secondary N) is 1. The Morgan fingerprint density at radius 2 is 2.25 bits per heavy atom. The van der Waals surface area contributed by atoms with Crippen molar-refractivity contribution in [1.82, 2.24) is 10.2 Å². The Kier molecular flexibility index (Phi) is 2.82. The number of anilines is 1. The first-order valence-corrected chi connectivity index (χ1v) is 3.62. The zero-order chi connectivity index (χ0) is 8.97. The van der Waals surface area contributed by atoms with Crippen LogP contribution in [0.4, 0.5) is 5.82 Å². The summed E-state index contributed by atoms with van der Waals surface area (Å²) in [6.45, 7) is 1.83. The molecule has 0 aliphatic rings. The third-order valence-corrected chi connectivity index (χ3v) is 1.22. The summed E-state index contributed by atoms with van der Waals surface area (Å²) in [7, 11) is 1.54. The lowest BCUT2D eigenvalue weighted by atomic mass is 10.5. The van der Waals surface area contributed by atoms with Crippen LogP contribution in [0.15, 0.2) is 12.1 Å². The predicted molar refractivity (Wildman–Crippen MR) is 45.9 cm³/mol. The molecule has 0 spiro atoms. The predicted octanol–water partition coefficient (Wildman–Crippen LogP) is 0.202. The van der Waals surface area contributed by atoms with E-state index in [4.69, 9.17) is 10.5 Å². The van der Waals surface area contributed by atoms with Crippen molar-refractivity contribution in [2.75, 3.05) is 12.4 Å². The zero-order valence-electron chi connectivity index (χ0n) is 7.11. The number of hydrogen-bond acceptors (Lipinski definition) is 5. The van der Waals surface area contributed by atoms with Gasteiger partial charge < -0.3 is 15.8 Å². The Balaban J connectivity index is 2.65. The topological polar surface area (TPSA) is 73.1 Å². The molecule has 0 saturated carbocycles. The van der Waals surface area contributed by atoms with Gasteiger partial charge in [0.1, 0.15) is 5.82 Å². The first kappa shape index (κ1) is 8.73. The van der Waals surface area contributed by atoms with Gasteiger partial charge in [-0.25, -0.2) is 0 Å². The van der Waals surface area contributed by atoms with Crippen molar-refractivity contribution in [1.29, 1.82) is 0 Å². The summed E-state index contributed by atoms with van der Waals surface area (Å²) in [5, 5.41) is 10.5. The van der Waals surface area contributed by atoms with Gasteiger partial charge in [0.15, 0.2) is 0 Å². The number of aromatic nitrogens is 2. The third kappa shape index (κ3) is 2.35. The maximum Gasteiger partial charge on any atom is 0.233 e. The quantitative estimate of drug-likeness (QED) is 0.631. The Hall–Kier alpha value is -1.36. The number of hydrogen-bond donors (Lipinski definition) is 2. The third-order valence-electron chi connectivity index (χ3n) is 1.22. The van der Waals surface area contributed by atoms with Crippen LogP contribution in [-0.2, 0) is 0 Å². The van der Waals surface area contributed by atoms with E-state index in [1.54, 1.807) is 19.2 Å². The molecular formula is C7H12N4O. The van der Waals surface area contributed by atoms with Gasteiger partial charge in [-0.3, -0.25) is 0 Å². The van der Waals surface area contributed by atoms with E-state index in [1.807, 2.05) is 6.92 Å². The largest absolute Gasteiger partial charge is 0.480 e. The van der Waals surface area contributed by atoms with Gasteiger partial charge in [-0.1, -0.05) is 0 Å². The summed E-state index contributed by atoms with van der Waals surface area (Å²) in [5.41, 5.74) is 5.48. The molecule has 1 atom stereocenters. The van der Waals surface area contributed by atoms with Crippen LogP contribution in [0.25, 0.3) is 0 Å². The lowest BCUT2D eigenvalue weighted by Gasteiger charge is -2.07. The fourth-order valence-corrected chi connectivity index (χ4v) is 0.739. The molecule has 0 fully saturated rings. The highest BCUT2D eigenvalue weighted by Crippen LogP contribution is 2.06. The highest BCUT2D eigenvalue weighted by Gasteiger charge is 1.97. The smallest absolute Gasteiger partial charge is 0.233 e. The van der Waals surface area contributed by atoms with Crippen LogP contribution in [0.2, 0.25) is 0 Å². The standard InChI is InChI=1S/C7H12N4O/c1-5(8)9-6-3-4-7(12-2)11-10-6/h3-5H,8H2,1-2H3,(H,9,10). The SMILES string of the molecule is COc1ccc(NC(C)N)nn1. The molecule has 0 saturated heterocycles. The van der Waals surface area contributed by atoms with Crippen molar-refractivity contribution >= 4 is 5.82 Å². The Labute approximate surface area is 70.9 Å². The van der Waals surface area contributed by atoms with E-state index in [0.29, 0.717) is 11.7 Å². The molecule has 12 heavy (non-hydrogen) atoms. The van der Waals surface area contributed by atoms with E-state index in [2.05, 4.69) is 15.5 Å². The second-order valence-electron chi connectivity index (χ2n) is 2.39. The average Bonchev–Trinajstić information content (AvgIpc) is 2.05. The Morgan fingerprint density at radius 1 is 1.50 bits per heavy atom. The zero-order valence-corrected chi connectivity index (χ0v) is 7.11. The van der Waals surface area contributed by atoms with E-state index in [-0.39, 0.29) is 6.17 Å². The van der Waals surface area contributed by atoms with E-state index < -0.39 is 0 Å². The molecular weight excluding hydrogens is 156 g/mol. The van der Waals surface area contributed by atoms with Crippen LogP contribution in [0, 0.1) is 0 Å². The van der Waals surface area contributed by atoms with Crippen molar-refractivity contribution in [2.24, 2.45) is 5.73 Å². The molecule has 3 N–H and O–H groups in total. The lowest BCUT2D eigenvalue weighted by molar-refractivity contribution is 0.392. The summed E-state index contributed by atoms with van der Waals surface area (Å²) >= 11 is 0. The number of ether oxygens (including phenoxy) is 1. The average molecular weight is 168 g/mol. The van der Waals surface area contributed by atoms with Crippen LogP contribution in [0.1, 0.15) is 6.92 Å². The molecule has 1 heterocycles. The van der Waals surface area contributed by atoms with Gasteiger partial charge in [0.2, 0.25) is 5.88 Å². The maximum atomic E-state index is 5.48. The molecule has 0 radical (unpaired) electrons. The number of methoxy groups -OCH3 is 1. The molecule has 0 aromatic carbocycles. The highest BCUT2D eigenvalue weighted by atomic mass is 16.5. The second kappa shape index (κ2) is 3.87. The van der Waals surface area contributed by atoms with E-state index in [1.165, 1.54) is 0 Å². The maximum absolute atomic E-state index is 5.48. The van der Waals surface area contributed by atoms with Crippen LogP contribution < -0.4 is 15.8 Å². The van der Waals surface area contributed by atoms with Gasteiger partial charge in [0.05, 0.1) is 13.3 Å². The number of rotatable bonds is 3. The molecule has 1 aromatic heterocycles. The van der Waals surface area contributed by atoms with Gasteiger partial charge >= 0.3 is 0 Å². The highest BCUT2D eigenvalue weighted by molar-refractivity contribution is 5.34. The second-order valence-corrected chi connectivity index (χ2v) is 2.39. The monoisotopic (exact) mass is 168 g/mol. The van der Waals surface area contributed by atoms with E-state index >= 15 is 0 Å². The Bertz CT molecular complexity index is 234. The molecule has 0 bridgehead atoms. The molecule has 5 heteroatoms. The number of nitrogens with two attached hydrogens (primary N) is 1. The van der Waals surface area contributed by atoms with Gasteiger partial charge in [-0.05, 0) is 13.0 Å². The van der Waals surface area contributed by atoms with E-state index in [0.717, 1.165) is 0 Å². The van der Waals surface area contributed by atoms with Crippen molar-refractivity contribution in [3.05, 3.63) is 12.1 Å². The summed E-state index contributed by atoms with van der Waals surface area (Å²) in [6, 6.07) is 3.48. The molecule has 1 aromatic rings.